The predicted octanol–water partition coefficient (Wildman–Crippen LogP) is 3.75. The van der Waals surface area contributed by atoms with E-state index in [0.717, 1.165) is 19.5 Å². The second-order valence-electron chi connectivity index (χ2n) is 2.92. The highest BCUT2D eigenvalue weighted by Crippen LogP contribution is 2.22. The summed E-state index contributed by atoms with van der Waals surface area (Å²) in [4.78, 5) is 11.4. The van der Waals surface area contributed by atoms with E-state index in [1.165, 1.54) is 0 Å². The highest BCUT2D eigenvalue weighted by Gasteiger charge is 2.03. The summed E-state index contributed by atoms with van der Waals surface area (Å²) in [6.07, 6.45) is 2.56. The molecule has 0 aromatic heterocycles. The summed E-state index contributed by atoms with van der Waals surface area (Å²) in [5, 5.41) is 2.86. The largest absolute Gasteiger partial charge is 0.326 e. The van der Waals surface area contributed by atoms with E-state index in [1.807, 2.05) is 24.5 Å². The normalized spacial score (nSPS) is 10.1. The molecule has 15 heavy (non-hydrogen) atoms. The highest BCUT2D eigenvalue weighted by molar-refractivity contribution is 14.1. The van der Waals surface area contributed by atoms with Gasteiger partial charge in [-0.2, -0.15) is 11.8 Å². The second-order valence-corrected chi connectivity index (χ2v) is 5.92. The lowest BCUT2D eigenvalue weighted by atomic mass is 10.3. The molecule has 0 spiro atoms. The number of thioether (sulfide) groups is 1. The Morgan fingerprint density at radius 1 is 1.60 bits per heavy atom. The zero-order chi connectivity index (χ0) is 11.3. The SMILES string of the molecule is CSCCC(=O)Nc1ccc(I)c(Br)c1. The molecule has 0 heterocycles. The molecule has 1 rings (SSSR count). The smallest absolute Gasteiger partial charge is 0.225 e. The van der Waals surface area contributed by atoms with Crippen molar-refractivity contribution in [1.82, 2.24) is 0 Å². The highest BCUT2D eigenvalue weighted by atomic mass is 127. The van der Waals surface area contributed by atoms with Crippen LogP contribution in [0.5, 0.6) is 0 Å². The molecule has 0 fully saturated rings. The summed E-state index contributed by atoms with van der Waals surface area (Å²) in [7, 11) is 0. The Kier molecular flexibility index (Phi) is 5.99. The number of hydrogen-bond acceptors (Lipinski definition) is 2. The summed E-state index contributed by atoms with van der Waals surface area (Å²) in [6.45, 7) is 0. The van der Waals surface area contributed by atoms with Crippen LogP contribution in [0.25, 0.3) is 0 Å². The van der Waals surface area contributed by atoms with Gasteiger partial charge in [-0.1, -0.05) is 0 Å². The van der Waals surface area contributed by atoms with Gasteiger partial charge < -0.3 is 5.32 Å². The number of benzene rings is 1. The van der Waals surface area contributed by atoms with Gasteiger partial charge in [0.1, 0.15) is 0 Å². The molecule has 1 aromatic rings. The van der Waals surface area contributed by atoms with Gasteiger partial charge in [0.2, 0.25) is 5.91 Å². The molecular formula is C10H11BrINOS. The van der Waals surface area contributed by atoms with E-state index in [9.17, 15) is 4.79 Å². The molecule has 0 saturated carbocycles. The van der Waals surface area contributed by atoms with Gasteiger partial charge in [0.15, 0.2) is 0 Å². The van der Waals surface area contributed by atoms with E-state index in [0.29, 0.717) is 6.42 Å². The third kappa shape index (κ3) is 4.74. The van der Waals surface area contributed by atoms with Crippen molar-refractivity contribution >= 4 is 61.9 Å². The molecule has 1 amide bonds. The summed E-state index contributed by atoms with van der Waals surface area (Å²) in [5.74, 6) is 0.926. The Bertz CT molecular complexity index is 359. The second kappa shape index (κ2) is 6.75. The third-order valence-corrected chi connectivity index (χ3v) is 4.69. The zero-order valence-electron chi connectivity index (χ0n) is 8.22. The van der Waals surface area contributed by atoms with Gasteiger partial charge in [0.25, 0.3) is 0 Å². The van der Waals surface area contributed by atoms with Crippen molar-refractivity contribution < 1.29 is 4.79 Å². The molecule has 0 unspecified atom stereocenters. The Hall–Kier alpha value is 0.250. The lowest BCUT2D eigenvalue weighted by Gasteiger charge is -2.05. The summed E-state index contributed by atoms with van der Waals surface area (Å²) < 4.78 is 2.14. The van der Waals surface area contributed by atoms with Gasteiger partial charge in [-0.05, 0) is 63.0 Å². The molecule has 0 saturated heterocycles. The van der Waals surface area contributed by atoms with Crippen molar-refractivity contribution in [3.05, 3.63) is 26.2 Å². The van der Waals surface area contributed by atoms with Gasteiger partial charge in [0.05, 0.1) is 0 Å². The fraction of sp³-hybridized carbons (Fsp3) is 0.300. The molecule has 82 valence electrons. The van der Waals surface area contributed by atoms with Crippen LogP contribution in [0, 0.1) is 3.57 Å². The maximum Gasteiger partial charge on any atom is 0.225 e. The number of anilines is 1. The molecule has 1 N–H and O–H groups in total. The number of hydrogen-bond donors (Lipinski definition) is 1. The van der Waals surface area contributed by atoms with Crippen LogP contribution < -0.4 is 5.32 Å². The van der Waals surface area contributed by atoms with Gasteiger partial charge in [-0.25, -0.2) is 0 Å². The first-order valence-electron chi connectivity index (χ1n) is 4.37. The minimum atomic E-state index is 0.0671. The molecule has 0 aliphatic heterocycles. The lowest BCUT2D eigenvalue weighted by Crippen LogP contribution is -2.12. The summed E-state index contributed by atoms with van der Waals surface area (Å²) in [5.41, 5.74) is 0.841. The maximum atomic E-state index is 11.4. The van der Waals surface area contributed by atoms with E-state index >= 15 is 0 Å². The van der Waals surface area contributed by atoms with Crippen LogP contribution in [0.4, 0.5) is 5.69 Å². The average Bonchev–Trinajstić information content (AvgIpc) is 2.20. The van der Waals surface area contributed by atoms with E-state index < -0.39 is 0 Å². The molecular weight excluding hydrogens is 389 g/mol. The van der Waals surface area contributed by atoms with Gasteiger partial charge in [-0.15, -0.1) is 0 Å². The standard InChI is InChI=1S/C10H11BrINOS/c1-15-5-4-10(14)13-7-2-3-9(12)8(11)6-7/h2-3,6H,4-5H2,1H3,(H,13,14). The number of carbonyl (C=O) groups is 1. The molecule has 0 bridgehead atoms. The lowest BCUT2D eigenvalue weighted by molar-refractivity contribution is -0.115. The molecule has 0 aliphatic carbocycles. The van der Waals surface area contributed by atoms with Crippen molar-refractivity contribution in [1.29, 1.82) is 0 Å². The first-order valence-corrected chi connectivity index (χ1v) is 7.64. The molecule has 0 atom stereocenters. The van der Waals surface area contributed by atoms with Gasteiger partial charge in [0, 0.05) is 25.9 Å². The van der Waals surface area contributed by atoms with Crippen molar-refractivity contribution in [2.75, 3.05) is 17.3 Å². The van der Waals surface area contributed by atoms with Crippen LogP contribution in [0.2, 0.25) is 0 Å². The fourth-order valence-electron chi connectivity index (χ4n) is 0.992. The zero-order valence-corrected chi connectivity index (χ0v) is 12.8. The van der Waals surface area contributed by atoms with Crippen LogP contribution >= 0.6 is 50.3 Å². The van der Waals surface area contributed by atoms with Crippen molar-refractivity contribution in [3.63, 3.8) is 0 Å². The number of rotatable bonds is 4. The Morgan fingerprint density at radius 3 is 2.93 bits per heavy atom. The Balaban J connectivity index is 2.57. The average molecular weight is 400 g/mol. The van der Waals surface area contributed by atoms with E-state index in [-0.39, 0.29) is 5.91 Å². The summed E-state index contributed by atoms with van der Waals surface area (Å²) in [6, 6.07) is 5.79. The van der Waals surface area contributed by atoms with Crippen LogP contribution in [0.3, 0.4) is 0 Å². The number of carbonyl (C=O) groups excluding carboxylic acids is 1. The molecule has 2 nitrogen and oxygen atoms in total. The van der Waals surface area contributed by atoms with Crippen molar-refractivity contribution in [2.24, 2.45) is 0 Å². The quantitative estimate of drug-likeness (QED) is 0.781. The minimum Gasteiger partial charge on any atom is -0.326 e. The number of halogens is 2. The van der Waals surface area contributed by atoms with Crippen LogP contribution in [0.15, 0.2) is 22.7 Å². The van der Waals surface area contributed by atoms with E-state index in [1.54, 1.807) is 11.8 Å². The number of amides is 1. The van der Waals surface area contributed by atoms with Crippen molar-refractivity contribution in [3.8, 4) is 0 Å². The van der Waals surface area contributed by atoms with Gasteiger partial charge in [-0.3, -0.25) is 4.79 Å². The molecule has 5 heteroatoms. The number of nitrogens with one attached hydrogen (secondary N) is 1. The molecule has 0 aliphatic rings. The van der Waals surface area contributed by atoms with Gasteiger partial charge >= 0.3 is 0 Å². The molecule has 1 aromatic carbocycles. The van der Waals surface area contributed by atoms with Crippen LogP contribution in [0.1, 0.15) is 6.42 Å². The first-order chi connectivity index (χ1) is 7.13. The van der Waals surface area contributed by atoms with E-state index in [4.69, 9.17) is 0 Å². The Labute approximate surface area is 116 Å². The van der Waals surface area contributed by atoms with Crippen molar-refractivity contribution in [2.45, 2.75) is 6.42 Å². The minimum absolute atomic E-state index is 0.0671. The molecule has 0 radical (unpaired) electrons. The Morgan fingerprint density at radius 2 is 2.33 bits per heavy atom. The summed E-state index contributed by atoms with van der Waals surface area (Å²) >= 11 is 7.33. The monoisotopic (exact) mass is 399 g/mol. The fourth-order valence-corrected chi connectivity index (χ4v) is 2.10. The van der Waals surface area contributed by atoms with Crippen LogP contribution in [-0.4, -0.2) is 17.9 Å². The maximum absolute atomic E-state index is 11.4. The predicted molar refractivity (Wildman–Crippen MR) is 78.5 cm³/mol. The van der Waals surface area contributed by atoms with E-state index in [2.05, 4.69) is 43.8 Å². The first kappa shape index (κ1) is 13.3. The van der Waals surface area contributed by atoms with Crippen LogP contribution in [-0.2, 0) is 4.79 Å². The topological polar surface area (TPSA) is 29.1 Å². The third-order valence-electron chi connectivity index (χ3n) is 1.74.